The minimum atomic E-state index is -0.362. The van der Waals surface area contributed by atoms with E-state index in [1.165, 1.54) is 6.42 Å². The second-order valence-corrected chi connectivity index (χ2v) is 6.85. The van der Waals surface area contributed by atoms with Gasteiger partial charge in [0.2, 0.25) is 11.8 Å². The molecule has 2 aliphatic rings. The van der Waals surface area contributed by atoms with Crippen molar-refractivity contribution in [2.24, 2.45) is 23.7 Å². The molecule has 2 amide bonds. The molecule has 0 aliphatic heterocycles. The molecule has 0 radical (unpaired) electrons. The summed E-state index contributed by atoms with van der Waals surface area (Å²) in [7, 11) is 3.49. The van der Waals surface area contributed by atoms with Crippen molar-refractivity contribution in [1.82, 2.24) is 10.2 Å². The van der Waals surface area contributed by atoms with Gasteiger partial charge < -0.3 is 10.2 Å². The van der Waals surface area contributed by atoms with E-state index in [2.05, 4.69) is 19.2 Å². The number of likely N-dealkylation sites (N-methyl/N-ethyl adjacent to an activating group) is 1. The van der Waals surface area contributed by atoms with Crippen LogP contribution in [-0.2, 0) is 9.59 Å². The Labute approximate surface area is 115 Å². The van der Waals surface area contributed by atoms with Crippen LogP contribution < -0.4 is 5.32 Å². The Morgan fingerprint density at radius 2 is 1.74 bits per heavy atom. The van der Waals surface area contributed by atoms with Crippen LogP contribution in [0.4, 0.5) is 0 Å². The van der Waals surface area contributed by atoms with Gasteiger partial charge in [0, 0.05) is 20.0 Å². The highest BCUT2D eigenvalue weighted by molar-refractivity contribution is 5.88. The zero-order valence-electron chi connectivity index (χ0n) is 12.5. The molecule has 4 heteroatoms. The van der Waals surface area contributed by atoms with Crippen molar-refractivity contribution >= 4 is 11.8 Å². The second kappa shape index (κ2) is 5.51. The monoisotopic (exact) mass is 266 g/mol. The molecular formula is C15H26N2O2. The molecule has 2 saturated carbocycles. The van der Waals surface area contributed by atoms with E-state index in [0.29, 0.717) is 12.3 Å². The molecule has 0 bridgehead atoms. The fraction of sp³-hybridized carbons (Fsp3) is 0.867. The number of nitrogens with zero attached hydrogens (tertiary/aromatic N) is 1. The molecule has 2 aliphatic carbocycles. The number of amides is 2. The van der Waals surface area contributed by atoms with Crippen molar-refractivity contribution in [3.63, 3.8) is 0 Å². The molecule has 0 aromatic rings. The van der Waals surface area contributed by atoms with Gasteiger partial charge in [0.1, 0.15) is 6.04 Å². The van der Waals surface area contributed by atoms with Gasteiger partial charge in [-0.15, -0.1) is 0 Å². The van der Waals surface area contributed by atoms with Crippen molar-refractivity contribution in [3.8, 4) is 0 Å². The van der Waals surface area contributed by atoms with Crippen LogP contribution in [0.1, 0.15) is 39.5 Å². The molecule has 19 heavy (non-hydrogen) atoms. The van der Waals surface area contributed by atoms with Crippen molar-refractivity contribution < 1.29 is 9.59 Å². The zero-order valence-corrected chi connectivity index (χ0v) is 12.5. The third kappa shape index (κ3) is 3.48. The Hall–Kier alpha value is -1.06. The van der Waals surface area contributed by atoms with E-state index in [9.17, 15) is 9.59 Å². The van der Waals surface area contributed by atoms with E-state index in [1.807, 2.05) is 0 Å². The largest absolute Gasteiger partial charge is 0.347 e. The van der Waals surface area contributed by atoms with Gasteiger partial charge in [-0.3, -0.25) is 9.59 Å². The van der Waals surface area contributed by atoms with Crippen molar-refractivity contribution in [3.05, 3.63) is 0 Å². The Morgan fingerprint density at radius 1 is 1.16 bits per heavy atom. The van der Waals surface area contributed by atoms with Crippen LogP contribution in [0.25, 0.3) is 0 Å². The number of hydrogen-bond donors (Lipinski definition) is 1. The number of carbonyl (C=O) groups is 2. The molecule has 0 heterocycles. The molecule has 3 atom stereocenters. The van der Waals surface area contributed by atoms with Crippen LogP contribution in [-0.4, -0.2) is 36.9 Å². The SMILES string of the molecule is CC(C)CC(NC(=O)C1CC2CC2C1)C(=O)N(C)C. The van der Waals surface area contributed by atoms with Gasteiger partial charge in [-0.2, -0.15) is 0 Å². The quantitative estimate of drug-likeness (QED) is 0.822. The Kier molecular flexibility index (Phi) is 4.16. The highest BCUT2D eigenvalue weighted by Crippen LogP contribution is 2.54. The van der Waals surface area contributed by atoms with E-state index >= 15 is 0 Å². The number of nitrogens with one attached hydrogen (secondary N) is 1. The van der Waals surface area contributed by atoms with Gasteiger partial charge in [-0.1, -0.05) is 13.8 Å². The summed E-state index contributed by atoms with van der Waals surface area (Å²) in [6.07, 6.45) is 4.08. The molecule has 0 spiro atoms. The average molecular weight is 266 g/mol. The molecule has 0 saturated heterocycles. The third-order valence-corrected chi connectivity index (χ3v) is 4.38. The van der Waals surface area contributed by atoms with E-state index in [4.69, 9.17) is 0 Å². The summed E-state index contributed by atoms with van der Waals surface area (Å²) < 4.78 is 0. The van der Waals surface area contributed by atoms with Gasteiger partial charge in [0.05, 0.1) is 0 Å². The Bertz CT molecular complexity index is 355. The lowest BCUT2D eigenvalue weighted by atomic mass is 9.99. The maximum Gasteiger partial charge on any atom is 0.244 e. The van der Waals surface area contributed by atoms with Crippen LogP contribution in [0.15, 0.2) is 0 Å². The molecular weight excluding hydrogens is 240 g/mol. The predicted octanol–water partition coefficient (Wildman–Crippen LogP) is 1.65. The summed E-state index contributed by atoms with van der Waals surface area (Å²) >= 11 is 0. The number of hydrogen-bond acceptors (Lipinski definition) is 2. The molecule has 2 fully saturated rings. The first-order valence-corrected chi connectivity index (χ1v) is 7.40. The maximum absolute atomic E-state index is 12.2. The first-order chi connectivity index (χ1) is 8.88. The number of fused-ring (bicyclic) bond motifs is 1. The summed E-state index contributed by atoms with van der Waals surface area (Å²) in [6.45, 7) is 4.15. The molecule has 3 unspecified atom stereocenters. The minimum absolute atomic E-state index is 0.00482. The summed E-state index contributed by atoms with van der Waals surface area (Å²) in [4.78, 5) is 25.9. The molecule has 108 valence electrons. The van der Waals surface area contributed by atoms with E-state index in [1.54, 1.807) is 19.0 Å². The van der Waals surface area contributed by atoms with E-state index in [0.717, 1.165) is 24.7 Å². The Morgan fingerprint density at radius 3 is 2.21 bits per heavy atom. The summed E-state index contributed by atoms with van der Waals surface area (Å²) in [5.41, 5.74) is 0. The van der Waals surface area contributed by atoms with Gasteiger partial charge in [0.25, 0.3) is 0 Å². The normalized spacial score (nSPS) is 29.8. The Balaban J connectivity index is 1.90. The topological polar surface area (TPSA) is 49.4 Å². The molecule has 2 rings (SSSR count). The van der Waals surface area contributed by atoms with Crippen LogP contribution >= 0.6 is 0 Å². The standard InChI is InChI=1S/C15H26N2O2/c1-9(2)5-13(15(19)17(3)4)16-14(18)12-7-10-6-11(10)8-12/h9-13H,5-8H2,1-4H3,(H,16,18). The fourth-order valence-electron chi connectivity index (χ4n) is 3.22. The number of carbonyl (C=O) groups excluding carboxylic acids is 2. The molecule has 4 nitrogen and oxygen atoms in total. The highest BCUT2D eigenvalue weighted by atomic mass is 16.2. The number of rotatable bonds is 5. The van der Waals surface area contributed by atoms with E-state index in [-0.39, 0.29) is 23.8 Å². The van der Waals surface area contributed by atoms with Crippen LogP contribution in [0.5, 0.6) is 0 Å². The third-order valence-electron chi connectivity index (χ3n) is 4.38. The molecule has 0 aromatic carbocycles. The van der Waals surface area contributed by atoms with E-state index < -0.39 is 0 Å². The van der Waals surface area contributed by atoms with Crippen molar-refractivity contribution in [1.29, 1.82) is 0 Å². The smallest absolute Gasteiger partial charge is 0.244 e. The van der Waals surface area contributed by atoms with Gasteiger partial charge in [-0.05, 0) is 43.4 Å². The van der Waals surface area contributed by atoms with Crippen LogP contribution in [0.2, 0.25) is 0 Å². The van der Waals surface area contributed by atoms with Crippen molar-refractivity contribution in [2.75, 3.05) is 14.1 Å². The van der Waals surface area contributed by atoms with Crippen molar-refractivity contribution in [2.45, 2.75) is 45.6 Å². The zero-order chi connectivity index (χ0) is 14.2. The minimum Gasteiger partial charge on any atom is -0.347 e. The van der Waals surface area contributed by atoms with Gasteiger partial charge in [-0.25, -0.2) is 0 Å². The fourth-order valence-corrected chi connectivity index (χ4v) is 3.22. The maximum atomic E-state index is 12.2. The molecule has 1 N–H and O–H groups in total. The first kappa shape index (κ1) is 14.4. The summed E-state index contributed by atoms with van der Waals surface area (Å²) in [6, 6.07) is -0.362. The average Bonchev–Trinajstić information content (AvgIpc) is 2.93. The first-order valence-electron chi connectivity index (χ1n) is 7.40. The lowest BCUT2D eigenvalue weighted by molar-refractivity contribution is -0.136. The summed E-state index contributed by atoms with van der Waals surface area (Å²) in [5.74, 6) is 2.23. The predicted molar refractivity (Wildman–Crippen MR) is 74.4 cm³/mol. The molecule has 0 aromatic heterocycles. The second-order valence-electron chi connectivity index (χ2n) is 6.85. The van der Waals surface area contributed by atoms with Crippen LogP contribution in [0, 0.1) is 23.7 Å². The lowest BCUT2D eigenvalue weighted by Gasteiger charge is -2.24. The highest BCUT2D eigenvalue weighted by Gasteiger charge is 2.48. The van der Waals surface area contributed by atoms with Crippen LogP contribution in [0.3, 0.4) is 0 Å². The van der Waals surface area contributed by atoms with Gasteiger partial charge in [0.15, 0.2) is 0 Å². The summed E-state index contributed by atoms with van der Waals surface area (Å²) in [5, 5.41) is 2.98. The van der Waals surface area contributed by atoms with Gasteiger partial charge >= 0.3 is 0 Å². The lowest BCUT2D eigenvalue weighted by Crippen LogP contribution is -2.48.